The molecule has 1 aromatic heterocycles. The summed E-state index contributed by atoms with van der Waals surface area (Å²) in [5, 5.41) is 7.00. The molecule has 2 heterocycles. The quantitative estimate of drug-likeness (QED) is 0.461. The molecule has 1 fully saturated rings. The van der Waals surface area contributed by atoms with E-state index in [0.717, 1.165) is 38.0 Å². The number of nitrogens with one attached hydrogen (secondary N) is 2. The van der Waals surface area contributed by atoms with E-state index in [9.17, 15) is 9.59 Å². The average molecular weight is 482 g/mol. The van der Waals surface area contributed by atoms with E-state index in [0.29, 0.717) is 32.9 Å². The van der Waals surface area contributed by atoms with Crippen LogP contribution < -0.4 is 10.6 Å². The van der Waals surface area contributed by atoms with Crippen LogP contribution >= 0.6 is 22.9 Å². The van der Waals surface area contributed by atoms with Gasteiger partial charge in [0.25, 0.3) is 11.8 Å². The van der Waals surface area contributed by atoms with Gasteiger partial charge in [-0.1, -0.05) is 54.1 Å². The molecule has 1 aliphatic heterocycles. The normalized spacial score (nSPS) is 16.4. The molecule has 1 saturated heterocycles. The highest BCUT2D eigenvalue weighted by Crippen LogP contribution is 2.28. The molecule has 2 aromatic carbocycles. The lowest BCUT2D eigenvalue weighted by atomic mass is 9.97. The molecule has 7 heteroatoms. The lowest BCUT2D eigenvalue weighted by Gasteiger charge is -2.32. The van der Waals surface area contributed by atoms with E-state index in [4.69, 9.17) is 11.6 Å². The van der Waals surface area contributed by atoms with E-state index < -0.39 is 0 Å². The van der Waals surface area contributed by atoms with Crippen LogP contribution in [0.15, 0.2) is 60.7 Å². The van der Waals surface area contributed by atoms with Gasteiger partial charge in [0.05, 0.1) is 20.5 Å². The molecule has 0 aliphatic carbocycles. The maximum absolute atomic E-state index is 12.9. The molecule has 1 aliphatic rings. The molecule has 3 aromatic rings. The van der Waals surface area contributed by atoms with Gasteiger partial charge in [0, 0.05) is 19.6 Å². The van der Waals surface area contributed by atoms with E-state index >= 15 is 0 Å². The first-order chi connectivity index (χ1) is 16.0. The number of anilines is 1. The fraction of sp³-hybridized carbons (Fsp3) is 0.308. The summed E-state index contributed by atoms with van der Waals surface area (Å²) in [5.74, 6) is 0.0662. The second kappa shape index (κ2) is 11.0. The maximum Gasteiger partial charge on any atom is 0.261 e. The van der Waals surface area contributed by atoms with Gasteiger partial charge in [-0.15, -0.1) is 11.3 Å². The molecule has 5 nitrogen and oxygen atoms in total. The van der Waals surface area contributed by atoms with Gasteiger partial charge in [-0.3, -0.25) is 14.5 Å². The predicted molar refractivity (Wildman–Crippen MR) is 135 cm³/mol. The molecule has 0 bridgehead atoms. The van der Waals surface area contributed by atoms with Crippen LogP contribution in [0.2, 0.25) is 5.02 Å². The van der Waals surface area contributed by atoms with Crippen LogP contribution in [0.3, 0.4) is 0 Å². The zero-order chi connectivity index (χ0) is 23.2. The van der Waals surface area contributed by atoms with Crippen molar-refractivity contribution in [3.63, 3.8) is 0 Å². The number of rotatable bonds is 7. The Balaban J connectivity index is 1.31. The Morgan fingerprint density at radius 2 is 1.85 bits per heavy atom. The van der Waals surface area contributed by atoms with Gasteiger partial charge >= 0.3 is 0 Å². The van der Waals surface area contributed by atoms with Crippen LogP contribution in [0.5, 0.6) is 0 Å². The number of hydrogen-bond acceptors (Lipinski definition) is 4. The zero-order valence-corrected chi connectivity index (χ0v) is 20.2. The summed E-state index contributed by atoms with van der Waals surface area (Å²) >= 11 is 7.41. The predicted octanol–water partition coefficient (Wildman–Crippen LogP) is 5.60. The van der Waals surface area contributed by atoms with Crippen LogP contribution in [0.4, 0.5) is 5.00 Å². The van der Waals surface area contributed by atoms with Crippen molar-refractivity contribution in [2.24, 2.45) is 5.92 Å². The van der Waals surface area contributed by atoms with E-state index in [1.807, 2.05) is 19.1 Å². The molecule has 0 saturated carbocycles. The summed E-state index contributed by atoms with van der Waals surface area (Å²) in [6, 6.07) is 19.2. The van der Waals surface area contributed by atoms with Gasteiger partial charge in [0.1, 0.15) is 0 Å². The Morgan fingerprint density at radius 3 is 2.64 bits per heavy atom. The lowest BCUT2D eigenvalue weighted by molar-refractivity contribution is 0.0933. The third-order valence-corrected chi connectivity index (χ3v) is 7.36. The van der Waals surface area contributed by atoms with Gasteiger partial charge < -0.3 is 10.6 Å². The second-order valence-corrected chi connectivity index (χ2v) is 9.96. The van der Waals surface area contributed by atoms with E-state index in [-0.39, 0.29) is 11.8 Å². The molecular weight excluding hydrogens is 454 g/mol. The zero-order valence-electron chi connectivity index (χ0n) is 18.6. The van der Waals surface area contributed by atoms with Crippen molar-refractivity contribution in [1.82, 2.24) is 10.2 Å². The number of aryl methyl sites for hydroxylation is 1. The minimum Gasteiger partial charge on any atom is -0.351 e. The number of carbonyl (C=O) groups is 2. The number of piperidine rings is 1. The summed E-state index contributed by atoms with van der Waals surface area (Å²) in [6.45, 7) is 5.57. The Labute approximate surface area is 203 Å². The van der Waals surface area contributed by atoms with Gasteiger partial charge in [-0.25, -0.2) is 0 Å². The number of carbonyl (C=O) groups excluding carboxylic acids is 2. The molecule has 1 atom stereocenters. The van der Waals surface area contributed by atoms with Gasteiger partial charge in [0.2, 0.25) is 0 Å². The smallest absolute Gasteiger partial charge is 0.261 e. The van der Waals surface area contributed by atoms with E-state index in [2.05, 4.69) is 39.8 Å². The summed E-state index contributed by atoms with van der Waals surface area (Å²) in [6.07, 6.45) is 2.26. The van der Waals surface area contributed by atoms with Crippen molar-refractivity contribution in [3.8, 4) is 0 Å². The summed E-state index contributed by atoms with van der Waals surface area (Å²) in [4.78, 5) is 28.5. The highest BCUT2D eigenvalue weighted by atomic mass is 35.5. The average Bonchev–Trinajstić information content (AvgIpc) is 3.18. The van der Waals surface area contributed by atoms with Gasteiger partial charge in [-0.2, -0.15) is 0 Å². The highest BCUT2D eigenvalue weighted by molar-refractivity contribution is 7.18. The standard InChI is InChI=1S/C26H28ClN3O2S/c1-18-14-23(29-25(31)21-11-5-6-12-22(21)27)33-24(18)26(32)28-15-20-10-7-13-30(17-20)16-19-8-3-2-4-9-19/h2-6,8-9,11-12,14,20H,7,10,13,15-17H2,1H3,(H,28,32)(H,29,31). The first kappa shape index (κ1) is 23.5. The van der Waals surface area contributed by atoms with Crippen molar-refractivity contribution < 1.29 is 9.59 Å². The third kappa shape index (κ3) is 6.22. The van der Waals surface area contributed by atoms with Crippen LogP contribution in [0, 0.1) is 12.8 Å². The number of halogens is 1. The number of amides is 2. The fourth-order valence-corrected chi connectivity index (χ4v) is 5.42. The largest absolute Gasteiger partial charge is 0.351 e. The Bertz CT molecular complexity index is 1120. The summed E-state index contributed by atoms with van der Waals surface area (Å²) in [5.41, 5.74) is 2.58. The molecule has 2 amide bonds. The molecule has 172 valence electrons. The monoisotopic (exact) mass is 481 g/mol. The number of hydrogen-bond donors (Lipinski definition) is 2. The molecule has 33 heavy (non-hydrogen) atoms. The molecule has 2 N–H and O–H groups in total. The Morgan fingerprint density at radius 1 is 1.09 bits per heavy atom. The van der Waals surface area contributed by atoms with Crippen molar-refractivity contribution in [2.45, 2.75) is 26.3 Å². The highest BCUT2D eigenvalue weighted by Gasteiger charge is 2.22. The number of thiophene rings is 1. The van der Waals surface area contributed by atoms with Crippen molar-refractivity contribution in [2.75, 3.05) is 25.0 Å². The SMILES string of the molecule is Cc1cc(NC(=O)c2ccccc2Cl)sc1C(=O)NCC1CCCN(Cc2ccccc2)C1. The molecule has 0 spiro atoms. The maximum atomic E-state index is 12.9. The number of benzene rings is 2. The molecular formula is C26H28ClN3O2S. The molecule has 4 rings (SSSR count). The van der Waals surface area contributed by atoms with Gasteiger partial charge in [0.15, 0.2) is 0 Å². The topological polar surface area (TPSA) is 61.4 Å². The number of nitrogens with zero attached hydrogens (tertiary/aromatic N) is 1. The van der Waals surface area contributed by atoms with Crippen molar-refractivity contribution >= 4 is 39.8 Å². The minimum atomic E-state index is -0.283. The first-order valence-electron chi connectivity index (χ1n) is 11.2. The van der Waals surface area contributed by atoms with Crippen LogP contribution in [0.25, 0.3) is 0 Å². The minimum absolute atomic E-state index is 0.0871. The molecule has 1 unspecified atom stereocenters. The van der Waals surface area contributed by atoms with Gasteiger partial charge in [-0.05, 0) is 61.6 Å². The lowest BCUT2D eigenvalue weighted by Crippen LogP contribution is -2.40. The fourth-order valence-electron chi connectivity index (χ4n) is 4.21. The van der Waals surface area contributed by atoms with Crippen LogP contribution in [0.1, 0.15) is 44.0 Å². The van der Waals surface area contributed by atoms with Crippen molar-refractivity contribution in [3.05, 3.63) is 87.3 Å². The number of likely N-dealkylation sites (tertiary alicyclic amines) is 1. The second-order valence-electron chi connectivity index (χ2n) is 8.50. The Kier molecular flexibility index (Phi) is 7.81. The Hall–Kier alpha value is -2.67. The third-order valence-electron chi connectivity index (χ3n) is 5.88. The van der Waals surface area contributed by atoms with Crippen LogP contribution in [-0.4, -0.2) is 36.3 Å². The van der Waals surface area contributed by atoms with Crippen LogP contribution in [-0.2, 0) is 6.54 Å². The first-order valence-corrected chi connectivity index (χ1v) is 12.4. The van der Waals surface area contributed by atoms with E-state index in [1.165, 1.54) is 16.9 Å². The molecule has 0 radical (unpaired) electrons. The van der Waals surface area contributed by atoms with E-state index in [1.54, 1.807) is 24.3 Å². The summed E-state index contributed by atoms with van der Waals surface area (Å²) in [7, 11) is 0. The van der Waals surface area contributed by atoms with Crippen molar-refractivity contribution in [1.29, 1.82) is 0 Å². The summed E-state index contributed by atoms with van der Waals surface area (Å²) < 4.78 is 0.